The molecule has 3 heterocycles. The molecule has 1 fully saturated rings. The van der Waals surface area contributed by atoms with Crippen molar-refractivity contribution in [1.29, 1.82) is 0 Å². The molecule has 11 heteroatoms. The molecule has 1 aromatic carbocycles. The Balaban J connectivity index is 1.63. The summed E-state index contributed by atoms with van der Waals surface area (Å²) >= 11 is 0. The molecule has 0 saturated carbocycles. The van der Waals surface area contributed by atoms with E-state index >= 15 is 0 Å². The molecule has 0 aliphatic carbocycles. The number of carbonyl (C=O) groups is 1. The number of hydrogen-bond acceptors (Lipinski definition) is 7. The van der Waals surface area contributed by atoms with Crippen molar-refractivity contribution in [3.63, 3.8) is 0 Å². The first-order chi connectivity index (χ1) is 13.4. The molecule has 1 aliphatic rings. The topological polar surface area (TPSA) is 94.2 Å². The molecule has 0 bridgehead atoms. The number of morpholine rings is 1. The minimum absolute atomic E-state index is 0.0139. The van der Waals surface area contributed by atoms with Crippen molar-refractivity contribution in [2.24, 2.45) is 0 Å². The quantitative estimate of drug-likeness (QED) is 0.677. The van der Waals surface area contributed by atoms with Gasteiger partial charge in [-0.1, -0.05) is 35.5 Å². The normalized spacial score (nSPS) is 17.8. The van der Waals surface area contributed by atoms with E-state index in [0.717, 1.165) is 5.56 Å². The molecule has 1 saturated heterocycles. The second kappa shape index (κ2) is 7.00. The van der Waals surface area contributed by atoms with E-state index in [1.165, 1.54) is 17.3 Å². The van der Waals surface area contributed by atoms with Crippen LogP contribution >= 0.6 is 0 Å². The van der Waals surface area contributed by atoms with Gasteiger partial charge in [-0.25, -0.2) is 9.97 Å². The Kier molecular flexibility index (Phi) is 4.51. The molecule has 1 atom stereocenters. The summed E-state index contributed by atoms with van der Waals surface area (Å²) in [6.07, 6.45) is -2.29. The third kappa shape index (κ3) is 3.43. The van der Waals surface area contributed by atoms with E-state index in [2.05, 4.69) is 24.6 Å². The van der Waals surface area contributed by atoms with Gasteiger partial charge in [0.25, 0.3) is 5.91 Å². The Morgan fingerprint density at radius 3 is 2.54 bits per heavy atom. The van der Waals surface area contributed by atoms with Crippen LogP contribution in [-0.4, -0.2) is 39.2 Å². The molecule has 2 aromatic heterocycles. The second-order valence-corrected chi connectivity index (χ2v) is 5.89. The summed E-state index contributed by atoms with van der Waals surface area (Å²) in [7, 11) is 0. The van der Waals surface area contributed by atoms with Crippen molar-refractivity contribution in [3.8, 4) is 11.5 Å². The van der Waals surface area contributed by atoms with Crippen LogP contribution in [-0.2, 0) is 15.7 Å². The number of carbonyl (C=O) groups excluding carboxylic acids is 1. The molecule has 0 spiro atoms. The minimum Gasteiger partial charge on any atom is -0.369 e. The third-order valence-electron chi connectivity index (χ3n) is 4.05. The van der Waals surface area contributed by atoms with E-state index in [1.54, 1.807) is 0 Å². The zero-order chi connectivity index (χ0) is 19.7. The number of nitrogens with zero attached hydrogens (tertiary/aromatic N) is 5. The molecule has 0 N–H and O–H groups in total. The highest BCUT2D eigenvalue weighted by molar-refractivity contribution is 5.94. The zero-order valence-corrected chi connectivity index (χ0v) is 14.1. The highest BCUT2D eigenvalue weighted by Crippen LogP contribution is 2.31. The highest BCUT2D eigenvalue weighted by atomic mass is 19.4. The maximum Gasteiger partial charge on any atom is 0.471 e. The van der Waals surface area contributed by atoms with Crippen LogP contribution in [0.3, 0.4) is 0 Å². The van der Waals surface area contributed by atoms with Crippen LogP contribution in [0.15, 0.2) is 47.2 Å². The molecule has 1 amide bonds. The zero-order valence-electron chi connectivity index (χ0n) is 14.1. The van der Waals surface area contributed by atoms with Gasteiger partial charge in [0.1, 0.15) is 12.3 Å². The van der Waals surface area contributed by atoms with Crippen molar-refractivity contribution in [2.75, 3.05) is 18.1 Å². The fraction of sp³-hybridized carbons (Fsp3) is 0.235. The van der Waals surface area contributed by atoms with Crippen LogP contribution in [0.5, 0.6) is 0 Å². The Hall–Kier alpha value is -3.34. The van der Waals surface area contributed by atoms with Gasteiger partial charge in [0.2, 0.25) is 5.82 Å². The lowest BCUT2D eigenvalue weighted by molar-refractivity contribution is -0.159. The Morgan fingerprint density at radius 1 is 1.11 bits per heavy atom. The highest BCUT2D eigenvalue weighted by Gasteiger charge is 2.39. The van der Waals surface area contributed by atoms with Crippen LogP contribution in [0, 0.1) is 0 Å². The van der Waals surface area contributed by atoms with Gasteiger partial charge >= 0.3 is 12.1 Å². The van der Waals surface area contributed by atoms with Gasteiger partial charge in [0, 0.05) is 0 Å². The molecule has 1 aliphatic heterocycles. The molecular formula is C17H12F3N5O3. The number of alkyl halides is 3. The second-order valence-electron chi connectivity index (χ2n) is 5.89. The fourth-order valence-corrected chi connectivity index (χ4v) is 2.79. The van der Waals surface area contributed by atoms with Crippen LogP contribution in [0.25, 0.3) is 11.5 Å². The van der Waals surface area contributed by atoms with Gasteiger partial charge in [0.05, 0.1) is 25.0 Å². The molecule has 0 radical (unpaired) electrons. The summed E-state index contributed by atoms with van der Waals surface area (Å²) in [5.41, 5.74) is 0.842. The first-order valence-corrected chi connectivity index (χ1v) is 8.11. The summed E-state index contributed by atoms with van der Waals surface area (Å²) in [4.78, 5) is 25.3. The molecule has 1 unspecified atom stereocenters. The lowest BCUT2D eigenvalue weighted by atomic mass is 10.0. The molecule has 28 heavy (non-hydrogen) atoms. The molecule has 3 aromatic rings. The van der Waals surface area contributed by atoms with Crippen LogP contribution in [0.1, 0.15) is 17.5 Å². The molecular weight excluding hydrogens is 379 g/mol. The number of aromatic nitrogens is 4. The van der Waals surface area contributed by atoms with Crippen LogP contribution < -0.4 is 4.90 Å². The van der Waals surface area contributed by atoms with Gasteiger partial charge in [-0.05, 0) is 5.56 Å². The monoisotopic (exact) mass is 391 g/mol. The van der Waals surface area contributed by atoms with Crippen molar-refractivity contribution >= 4 is 11.7 Å². The first-order valence-electron chi connectivity index (χ1n) is 8.11. The number of ether oxygens (including phenoxy) is 1. The van der Waals surface area contributed by atoms with Crippen molar-refractivity contribution < 1.29 is 27.2 Å². The van der Waals surface area contributed by atoms with Crippen molar-refractivity contribution in [2.45, 2.75) is 12.2 Å². The first kappa shape index (κ1) is 18.0. The number of anilines is 1. The predicted octanol–water partition coefficient (Wildman–Crippen LogP) is 2.65. The molecule has 8 nitrogen and oxygen atoms in total. The van der Waals surface area contributed by atoms with Gasteiger partial charge < -0.3 is 9.26 Å². The van der Waals surface area contributed by atoms with E-state index in [0.29, 0.717) is 0 Å². The predicted molar refractivity (Wildman–Crippen MR) is 87.8 cm³/mol. The summed E-state index contributed by atoms with van der Waals surface area (Å²) in [6.45, 7) is 0.172. The van der Waals surface area contributed by atoms with Crippen molar-refractivity contribution in [1.82, 2.24) is 20.1 Å². The van der Waals surface area contributed by atoms with E-state index in [1.807, 2.05) is 30.3 Å². The van der Waals surface area contributed by atoms with E-state index in [4.69, 9.17) is 4.74 Å². The number of amides is 1. The van der Waals surface area contributed by atoms with Gasteiger partial charge in [-0.15, -0.1) is 0 Å². The number of hydrogen-bond donors (Lipinski definition) is 0. The third-order valence-corrected chi connectivity index (χ3v) is 4.05. The lowest BCUT2D eigenvalue weighted by Crippen LogP contribution is -2.44. The maximum atomic E-state index is 12.6. The van der Waals surface area contributed by atoms with Crippen LogP contribution in [0.4, 0.5) is 19.0 Å². The standard InChI is InChI=1S/C17H12F3N5O3/c18-17(19,20)16-23-15(24-28-16)11-6-22-13(7-21-11)25-12(8-27-9-14(25)26)10-4-2-1-3-5-10/h1-7,12H,8-9H2. The van der Waals surface area contributed by atoms with Gasteiger partial charge in [-0.3, -0.25) is 9.69 Å². The SMILES string of the molecule is O=C1COCC(c2ccccc2)N1c1cnc(-c2noc(C(F)(F)F)n2)cn1. The Bertz CT molecular complexity index is 976. The average molecular weight is 391 g/mol. The lowest BCUT2D eigenvalue weighted by Gasteiger charge is -2.34. The van der Waals surface area contributed by atoms with Gasteiger partial charge in [-0.2, -0.15) is 18.2 Å². The maximum absolute atomic E-state index is 12.6. The van der Waals surface area contributed by atoms with Crippen LogP contribution in [0.2, 0.25) is 0 Å². The van der Waals surface area contributed by atoms with Gasteiger partial charge in [0.15, 0.2) is 5.82 Å². The largest absolute Gasteiger partial charge is 0.471 e. The fourth-order valence-electron chi connectivity index (χ4n) is 2.79. The summed E-state index contributed by atoms with van der Waals surface area (Å²) in [5.74, 6) is -1.88. The summed E-state index contributed by atoms with van der Waals surface area (Å²) in [5, 5.41) is 3.26. The average Bonchev–Trinajstić information content (AvgIpc) is 3.19. The van der Waals surface area contributed by atoms with E-state index < -0.39 is 18.1 Å². The number of halogens is 3. The number of benzene rings is 1. The van der Waals surface area contributed by atoms with Crippen molar-refractivity contribution in [3.05, 3.63) is 54.2 Å². The minimum atomic E-state index is -4.75. The number of rotatable bonds is 3. The Morgan fingerprint density at radius 2 is 1.89 bits per heavy atom. The molecule has 144 valence electrons. The summed E-state index contributed by atoms with van der Waals surface area (Å²) in [6, 6.07) is 8.86. The Labute approximate surface area is 156 Å². The van der Waals surface area contributed by atoms with E-state index in [9.17, 15) is 18.0 Å². The smallest absolute Gasteiger partial charge is 0.369 e. The molecule has 4 rings (SSSR count). The summed E-state index contributed by atoms with van der Waals surface area (Å²) < 4.78 is 47.3. The van der Waals surface area contributed by atoms with E-state index in [-0.39, 0.29) is 36.5 Å².